The first-order valence-corrected chi connectivity index (χ1v) is 7.69. The Morgan fingerprint density at radius 1 is 1.55 bits per heavy atom. The third kappa shape index (κ3) is 6.20. The molecule has 1 aliphatic carbocycles. The van der Waals surface area contributed by atoms with Crippen molar-refractivity contribution in [3.8, 4) is 0 Å². The molecule has 1 rings (SSSR count). The zero-order valence-electron chi connectivity index (χ0n) is 13.1. The summed E-state index contributed by atoms with van der Waals surface area (Å²) in [6, 6.07) is -0.279. The highest BCUT2D eigenvalue weighted by molar-refractivity contribution is 5.81. The summed E-state index contributed by atoms with van der Waals surface area (Å²) in [7, 11) is 1.65. The summed E-state index contributed by atoms with van der Waals surface area (Å²) >= 11 is 0. The molecule has 0 aromatic rings. The van der Waals surface area contributed by atoms with Crippen LogP contribution < -0.4 is 10.6 Å². The molecule has 3 atom stereocenters. The summed E-state index contributed by atoms with van der Waals surface area (Å²) in [6.45, 7) is 5.78. The molecule has 1 aliphatic rings. The Kier molecular flexibility index (Phi) is 7.48. The molecule has 0 aromatic heterocycles. The van der Waals surface area contributed by atoms with Gasteiger partial charge in [-0.2, -0.15) is 0 Å². The minimum atomic E-state index is -0.651. The van der Waals surface area contributed by atoms with Gasteiger partial charge in [0.15, 0.2) is 0 Å². The number of aliphatic hydroxyl groups is 1. The minimum absolute atomic E-state index is 0.0199. The van der Waals surface area contributed by atoms with Gasteiger partial charge in [0.25, 0.3) is 0 Å². The van der Waals surface area contributed by atoms with Gasteiger partial charge in [-0.05, 0) is 32.1 Å². The number of carbonyl (C=O) groups excluding carboxylic acids is 1. The first-order chi connectivity index (χ1) is 9.47. The zero-order chi connectivity index (χ0) is 15.0. The largest absolute Gasteiger partial charge is 0.389 e. The molecule has 0 aromatic carbocycles. The second-order valence-electron chi connectivity index (χ2n) is 6.17. The zero-order valence-corrected chi connectivity index (χ0v) is 13.1. The number of rotatable bonds is 8. The van der Waals surface area contributed by atoms with Gasteiger partial charge in [0.05, 0.1) is 11.6 Å². The van der Waals surface area contributed by atoms with Crippen molar-refractivity contribution < 1.29 is 14.6 Å². The fourth-order valence-electron chi connectivity index (χ4n) is 2.81. The van der Waals surface area contributed by atoms with E-state index in [4.69, 9.17) is 4.74 Å². The molecular formula is C15H30N2O3. The Morgan fingerprint density at radius 2 is 2.30 bits per heavy atom. The average Bonchev–Trinajstić information content (AvgIpc) is 2.40. The van der Waals surface area contributed by atoms with Crippen LogP contribution in [-0.2, 0) is 9.53 Å². The SMILES string of the molecule is COCCCNC(=O)C(C)NCC1(O)CCCC(C)C1. The van der Waals surface area contributed by atoms with E-state index in [2.05, 4.69) is 17.6 Å². The fourth-order valence-corrected chi connectivity index (χ4v) is 2.81. The van der Waals surface area contributed by atoms with E-state index in [0.717, 1.165) is 25.7 Å². The summed E-state index contributed by atoms with van der Waals surface area (Å²) in [5.74, 6) is 0.544. The van der Waals surface area contributed by atoms with Crippen LogP contribution >= 0.6 is 0 Å². The van der Waals surface area contributed by atoms with Crippen LogP contribution in [0.2, 0.25) is 0 Å². The number of methoxy groups -OCH3 is 1. The summed E-state index contributed by atoms with van der Waals surface area (Å²) in [6.07, 6.45) is 4.72. The second-order valence-corrected chi connectivity index (χ2v) is 6.17. The Morgan fingerprint density at radius 3 is 2.95 bits per heavy atom. The highest BCUT2D eigenvalue weighted by Crippen LogP contribution is 2.31. The van der Waals surface area contributed by atoms with E-state index >= 15 is 0 Å². The monoisotopic (exact) mass is 286 g/mol. The molecule has 1 saturated carbocycles. The van der Waals surface area contributed by atoms with Gasteiger partial charge in [-0.1, -0.05) is 19.8 Å². The van der Waals surface area contributed by atoms with Gasteiger partial charge in [-0.3, -0.25) is 4.79 Å². The molecule has 5 nitrogen and oxygen atoms in total. The maximum Gasteiger partial charge on any atom is 0.236 e. The van der Waals surface area contributed by atoms with Crippen molar-refractivity contribution in [2.45, 2.75) is 57.6 Å². The quantitative estimate of drug-likeness (QED) is 0.584. The molecule has 0 aliphatic heterocycles. The van der Waals surface area contributed by atoms with Crippen molar-refractivity contribution in [2.75, 3.05) is 26.8 Å². The van der Waals surface area contributed by atoms with E-state index in [1.165, 1.54) is 6.42 Å². The average molecular weight is 286 g/mol. The fraction of sp³-hybridized carbons (Fsp3) is 0.933. The minimum Gasteiger partial charge on any atom is -0.389 e. The summed E-state index contributed by atoms with van der Waals surface area (Å²) < 4.78 is 4.93. The molecular weight excluding hydrogens is 256 g/mol. The highest BCUT2D eigenvalue weighted by Gasteiger charge is 2.33. The van der Waals surface area contributed by atoms with E-state index in [1.54, 1.807) is 7.11 Å². The van der Waals surface area contributed by atoms with Crippen molar-refractivity contribution in [1.82, 2.24) is 10.6 Å². The van der Waals surface area contributed by atoms with Crippen LogP contribution in [0.3, 0.4) is 0 Å². The Labute approximate surface area is 122 Å². The number of hydrogen-bond donors (Lipinski definition) is 3. The van der Waals surface area contributed by atoms with Crippen LogP contribution in [0.15, 0.2) is 0 Å². The molecule has 118 valence electrons. The predicted molar refractivity (Wildman–Crippen MR) is 79.5 cm³/mol. The van der Waals surface area contributed by atoms with Gasteiger partial charge in [-0.15, -0.1) is 0 Å². The number of ether oxygens (including phenoxy) is 1. The molecule has 0 spiro atoms. The predicted octanol–water partition coefficient (Wildman–Crippen LogP) is 1.06. The van der Waals surface area contributed by atoms with Crippen LogP contribution in [0.1, 0.15) is 46.0 Å². The number of carbonyl (C=O) groups is 1. The third-order valence-corrected chi connectivity index (χ3v) is 4.02. The van der Waals surface area contributed by atoms with E-state index < -0.39 is 5.60 Å². The molecule has 0 saturated heterocycles. The lowest BCUT2D eigenvalue weighted by molar-refractivity contribution is -0.123. The standard InChI is InChI=1S/C15H30N2O3/c1-12-6-4-7-15(19,10-12)11-17-13(2)14(18)16-8-5-9-20-3/h12-13,17,19H,4-11H2,1-3H3,(H,16,18). The lowest BCUT2D eigenvalue weighted by atomic mass is 9.79. The van der Waals surface area contributed by atoms with Crippen LogP contribution in [0, 0.1) is 5.92 Å². The first-order valence-electron chi connectivity index (χ1n) is 7.69. The van der Waals surface area contributed by atoms with E-state index in [-0.39, 0.29) is 11.9 Å². The maximum absolute atomic E-state index is 11.9. The van der Waals surface area contributed by atoms with Crippen molar-refractivity contribution >= 4 is 5.91 Å². The second kappa shape index (κ2) is 8.60. The van der Waals surface area contributed by atoms with Crippen molar-refractivity contribution in [2.24, 2.45) is 5.92 Å². The Bertz CT molecular complexity index is 299. The smallest absolute Gasteiger partial charge is 0.236 e. The summed E-state index contributed by atoms with van der Waals surface area (Å²) in [5, 5.41) is 16.5. The first kappa shape index (κ1) is 17.4. The topological polar surface area (TPSA) is 70.6 Å². The lowest BCUT2D eigenvalue weighted by Crippen LogP contribution is -2.50. The lowest BCUT2D eigenvalue weighted by Gasteiger charge is -2.36. The number of nitrogens with one attached hydrogen (secondary N) is 2. The van der Waals surface area contributed by atoms with Crippen LogP contribution in [0.5, 0.6) is 0 Å². The van der Waals surface area contributed by atoms with Crippen LogP contribution in [0.25, 0.3) is 0 Å². The van der Waals surface area contributed by atoms with Gasteiger partial charge < -0.3 is 20.5 Å². The maximum atomic E-state index is 11.9. The van der Waals surface area contributed by atoms with Crippen molar-refractivity contribution in [1.29, 1.82) is 0 Å². The number of hydrogen-bond acceptors (Lipinski definition) is 4. The van der Waals surface area contributed by atoms with Gasteiger partial charge in [0.1, 0.15) is 0 Å². The van der Waals surface area contributed by atoms with Crippen LogP contribution in [-0.4, -0.2) is 49.5 Å². The van der Waals surface area contributed by atoms with Gasteiger partial charge >= 0.3 is 0 Å². The summed E-state index contributed by atoms with van der Waals surface area (Å²) in [4.78, 5) is 11.9. The normalized spacial score (nSPS) is 28.1. The number of amides is 1. The van der Waals surface area contributed by atoms with E-state index in [0.29, 0.717) is 25.6 Å². The van der Waals surface area contributed by atoms with Gasteiger partial charge in [0.2, 0.25) is 5.91 Å². The molecule has 0 radical (unpaired) electrons. The Hall–Kier alpha value is -0.650. The van der Waals surface area contributed by atoms with Crippen molar-refractivity contribution in [3.05, 3.63) is 0 Å². The van der Waals surface area contributed by atoms with Crippen molar-refractivity contribution in [3.63, 3.8) is 0 Å². The van der Waals surface area contributed by atoms with Gasteiger partial charge in [-0.25, -0.2) is 0 Å². The van der Waals surface area contributed by atoms with E-state index in [9.17, 15) is 9.90 Å². The molecule has 1 amide bonds. The molecule has 5 heteroatoms. The van der Waals surface area contributed by atoms with E-state index in [1.807, 2.05) is 6.92 Å². The highest BCUT2D eigenvalue weighted by atomic mass is 16.5. The molecule has 20 heavy (non-hydrogen) atoms. The summed E-state index contributed by atoms with van der Waals surface area (Å²) in [5.41, 5.74) is -0.651. The molecule has 3 N–H and O–H groups in total. The third-order valence-electron chi connectivity index (χ3n) is 4.02. The van der Waals surface area contributed by atoms with Crippen LogP contribution in [0.4, 0.5) is 0 Å². The molecule has 3 unspecified atom stereocenters. The Balaban J connectivity index is 2.24. The molecule has 1 fully saturated rings. The molecule has 0 bridgehead atoms. The molecule has 0 heterocycles. The van der Waals surface area contributed by atoms with Gasteiger partial charge in [0, 0.05) is 26.8 Å².